The molecule has 0 aliphatic rings. The molecule has 146 valence electrons. The van der Waals surface area contributed by atoms with Crippen molar-refractivity contribution in [2.75, 3.05) is 19.4 Å². The van der Waals surface area contributed by atoms with Crippen LogP contribution in [0.2, 0.25) is 0 Å². The van der Waals surface area contributed by atoms with Crippen LogP contribution in [0.5, 0.6) is 5.75 Å². The van der Waals surface area contributed by atoms with E-state index in [0.29, 0.717) is 26.0 Å². The highest BCUT2D eigenvalue weighted by atomic mass is 32.2. The van der Waals surface area contributed by atoms with Crippen LogP contribution in [-0.4, -0.2) is 43.9 Å². The first-order valence-corrected chi connectivity index (χ1v) is 10.5. The summed E-state index contributed by atoms with van der Waals surface area (Å²) in [5.74, 6) is 0.813. The van der Waals surface area contributed by atoms with E-state index in [9.17, 15) is 13.2 Å². The summed E-state index contributed by atoms with van der Waals surface area (Å²) >= 11 is 0. The minimum absolute atomic E-state index is 0.219. The molecule has 0 saturated carbocycles. The first-order chi connectivity index (χ1) is 12.9. The number of carbonyl (C=O) groups is 1. The number of ether oxygens (including phenoxy) is 1. The first-order valence-electron chi connectivity index (χ1n) is 8.59. The Morgan fingerprint density at radius 2 is 2.00 bits per heavy atom. The van der Waals surface area contributed by atoms with E-state index in [-0.39, 0.29) is 11.8 Å². The summed E-state index contributed by atoms with van der Waals surface area (Å²) in [7, 11) is -3.49. The van der Waals surface area contributed by atoms with Gasteiger partial charge in [0, 0.05) is 25.3 Å². The highest BCUT2D eigenvalue weighted by Crippen LogP contribution is 2.13. The van der Waals surface area contributed by atoms with E-state index in [1.165, 1.54) is 6.08 Å². The molecule has 2 rings (SSSR count). The molecule has 0 spiro atoms. The number of aryl methyl sites for hydroxylation is 1. The van der Waals surface area contributed by atoms with E-state index < -0.39 is 15.1 Å². The lowest BCUT2D eigenvalue weighted by Gasteiger charge is -2.04. The molecule has 1 aromatic carbocycles. The molecule has 0 aliphatic heterocycles. The fraction of sp³-hybridized carbons (Fsp3) is 0.389. The number of nitrogens with one attached hydrogen (secondary N) is 1. The number of amides is 1. The SMILES string of the molecule is CCCOc1ccc(/C=C/C(=O)NCCCc2nnc(S(C)(=O)=O)o2)cc1. The Balaban J connectivity index is 1.71. The highest BCUT2D eigenvalue weighted by Gasteiger charge is 2.16. The number of benzene rings is 1. The minimum atomic E-state index is -3.49. The number of rotatable bonds is 10. The van der Waals surface area contributed by atoms with Crippen molar-refractivity contribution in [3.05, 3.63) is 41.8 Å². The van der Waals surface area contributed by atoms with Gasteiger partial charge < -0.3 is 14.5 Å². The normalized spacial score (nSPS) is 11.6. The summed E-state index contributed by atoms with van der Waals surface area (Å²) in [5, 5.41) is 9.49. The second kappa shape index (κ2) is 9.86. The number of hydrogen-bond donors (Lipinski definition) is 1. The first kappa shape index (κ1) is 20.6. The number of nitrogens with zero attached hydrogens (tertiary/aromatic N) is 2. The molecule has 2 aromatic rings. The van der Waals surface area contributed by atoms with Crippen molar-refractivity contribution in [1.29, 1.82) is 0 Å². The fourth-order valence-corrected chi connectivity index (χ4v) is 2.50. The van der Waals surface area contributed by atoms with Crippen molar-refractivity contribution in [3.63, 3.8) is 0 Å². The van der Waals surface area contributed by atoms with E-state index in [4.69, 9.17) is 9.15 Å². The van der Waals surface area contributed by atoms with E-state index >= 15 is 0 Å². The molecule has 0 fully saturated rings. The molecule has 0 saturated heterocycles. The summed E-state index contributed by atoms with van der Waals surface area (Å²) in [4.78, 5) is 11.8. The smallest absolute Gasteiger partial charge is 0.335 e. The number of sulfone groups is 1. The predicted molar refractivity (Wildman–Crippen MR) is 100 cm³/mol. The number of carbonyl (C=O) groups excluding carboxylic acids is 1. The van der Waals surface area contributed by atoms with Crippen LogP contribution in [0.3, 0.4) is 0 Å². The van der Waals surface area contributed by atoms with Gasteiger partial charge in [-0.15, -0.1) is 5.10 Å². The Hall–Kier alpha value is -2.68. The van der Waals surface area contributed by atoms with Crippen molar-refractivity contribution in [2.45, 2.75) is 31.4 Å². The molecule has 8 nitrogen and oxygen atoms in total. The highest BCUT2D eigenvalue weighted by molar-refractivity contribution is 7.90. The third-order valence-corrected chi connectivity index (χ3v) is 4.21. The molecule has 1 heterocycles. The third-order valence-electron chi connectivity index (χ3n) is 3.41. The van der Waals surface area contributed by atoms with Crippen LogP contribution in [0, 0.1) is 0 Å². The lowest BCUT2D eigenvalue weighted by Crippen LogP contribution is -2.22. The molecular formula is C18H23N3O5S. The Bertz CT molecular complexity index is 873. The molecule has 0 aliphatic carbocycles. The molecule has 1 amide bonds. The van der Waals surface area contributed by atoms with Crippen molar-refractivity contribution in [3.8, 4) is 5.75 Å². The molecular weight excluding hydrogens is 370 g/mol. The maximum Gasteiger partial charge on any atom is 0.335 e. The van der Waals surface area contributed by atoms with Gasteiger partial charge in [0.1, 0.15) is 5.75 Å². The van der Waals surface area contributed by atoms with Crippen LogP contribution in [0.15, 0.2) is 40.0 Å². The van der Waals surface area contributed by atoms with Crippen LogP contribution >= 0.6 is 0 Å². The lowest BCUT2D eigenvalue weighted by atomic mass is 10.2. The molecule has 0 radical (unpaired) electrons. The van der Waals surface area contributed by atoms with Crippen LogP contribution in [-0.2, 0) is 21.1 Å². The molecule has 1 N–H and O–H groups in total. The number of aromatic nitrogens is 2. The minimum Gasteiger partial charge on any atom is -0.494 e. The van der Waals surface area contributed by atoms with E-state index in [1.54, 1.807) is 6.08 Å². The zero-order valence-electron chi connectivity index (χ0n) is 15.3. The maximum absolute atomic E-state index is 11.8. The zero-order chi connectivity index (χ0) is 19.7. The Labute approximate surface area is 158 Å². The van der Waals surface area contributed by atoms with Crippen LogP contribution in [0.25, 0.3) is 6.08 Å². The lowest BCUT2D eigenvalue weighted by molar-refractivity contribution is -0.116. The van der Waals surface area contributed by atoms with Gasteiger partial charge in [0.2, 0.25) is 21.6 Å². The van der Waals surface area contributed by atoms with E-state index in [1.807, 2.05) is 31.2 Å². The van der Waals surface area contributed by atoms with Crippen LogP contribution in [0.4, 0.5) is 0 Å². The van der Waals surface area contributed by atoms with Gasteiger partial charge in [-0.1, -0.05) is 24.2 Å². The van der Waals surface area contributed by atoms with Gasteiger partial charge in [0.25, 0.3) is 0 Å². The largest absolute Gasteiger partial charge is 0.494 e. The van der Waals surface area contributed by atoms with Gasteiger partial charge in [-0.05, 0) is 36.6 Å². The summed E-state index contributed by atoms with van der Waals surface area (Å²) in [6.07, 6.45) is 6.06. The molecule has 27 heavy (non-hydrogen) atoms. The fourth-order valence-electron chi connectivity index (χ4n) is 2.07. The second-order valence-corrected chi connectivity index (χ2v) is 7.77. The van der Waals surface area contributed by atoms with Gasteiger partial charge in [0.05, 0.1) is 6.61 Å². The molecule has 0 bridgehead atoms. The van der Waals surface area contributed by atoms with Crippen molar-refractivity contribution in [2.24, 2.45) is 0 Å². The quantitative estimate of drug-likeness (QED) is 0.485. The van der Waals surface area contributed by atoms with E-state index in [0.717, 1.165) is 24.0 Å². The average molecular weight is 393 g/mol. The van der Waals surface area contributed by atoms with Gasteiger partial charge in [-0.2, -0.15) is 0 Å². The Morgan fingerprint density at radius 3 is 2.63 bits per heavy atom. The maximum atomic E-state index is 11.8. The predicted octanol–water partition coefficient (Wildman–Crippen LogP) is 2.02. The molecule has 1 aromatic heterocycles. The van der Waals surface area contributed by atoms with Crippen molar-refractivity contribution in [1.82, 2.24) is 15.5 Å². The zero-order valence-corrected chi connectivity index (χ0v) is 16.2. The van der Waals surface area contributed by atoms with Crippen LogP contribution in [0.1, 0.15) is 31.2 Å². The Morgan fingerprint density at radius 1 is 1.26 bits per heavy atom. The summed E-state index contributed by atoms with van der Waals surface area (Å²) in [6.45, 7) is 3.13. The summed E-state index contributed by atoms with van der Waals surface area (Å²) in [5.41, 5.74) is 0.896. The van der Waals surface area contributed by atoms with Gasteiger partial charge in [0.15, 0.2) is 0 Å². The Kier molecular flexibility index (Phi) is 7.54. The van der Waals surface area contributed by atoms with Crippen molar-refractivity contribution < 1.29 is 22.4 Å². The van der Waals surface area contributed by atoms with Crippen LogP contribution < -0.4 is 10.1 Å². The summed E-state index contributed by atoms with van der Waals surface area (Å²) < 4.78 is 33.1. The molecule has 9 heteroatoms. The molecule has 0 atom stereocenters. The van der Waals surface area contributed by atoms with E-state index in [2.05, 4.69) is 15.5 Å². The van der Waals surface area contributed by atoms with Gasteiger partial charge in [-0.25, -0.2) is 8.42 Å². The standard InChI is InChI=1S/C18H23N3O5S/c1-3-13-25-15-9-6-14(7-10-15)8-11-16(22)19-12-4-5-17-20-21-18(26-17)27(2,23)24/h6-11H,3-5,12-13H2,1-2H3,(H,19,22)/b11-8+. The number of hydrogen-bond acceptors (Lipinski definition) is 7. The third kappa shape index (κ3) is 7.22. The molecule has 0 unspecified atom stereocenters. The topological polar surface area (TPSA) is 111 Å². The van der Waals surface area contributed by atoms with Crippen molar-refractivity contribution >= 4 is 21.8 Å². The van der Waals surface area contributed by atoms with Gasteiger partial charge in [-0.3, -0.25) is 4.79 Å². The van der Waals surface area contributed by atoms with Gasteiger partial charge >= 0.3 is 5.22 Å². The average Bonchev–Trinajstić information content (AvgIpc) is 3.12. The monoisotopic (exact) mass is 393 g/mol. The second-order valence-electron chi connectivity index (χ2n) is 5.88. The summed E-state index contributed by atoms with van der Waals surface area (Å²) in [6, 6.07) is 7.48.